The van der Waals surface area contributed by atoms with Gasteiger partial charge >= 0.3 is 0 Å². The number of nitrogens with zero attached hydrogens (tertiary/aromatic N) is 4. The number of benzene rings is 6. The van der Waals surface area contributed by atoms with Crippen LogP contribution in [0.15, 0.2) is 146 Å². The Hall–Kier alpha value is -6.78. The first kappa shape index (κ1) is 40.7. The molecule has 0 fully saturated rings. The van der Waals surface area contributed by atoms with E-state index in [-0.39, 0.29) is 22.7 Å². The average Bonchev–Trinajstić information content (AvgIpc) is 3.83. The topological polar surface area (TPSA) is 35.6 Å². The van der Waals surface area contributed by atoms with E-state index in [1.165, 1.54) is 110 Å². The molecular weight excluding hydrogens is 801 g/mol. The summed E-state index contributed by atoms with van der Waals surface area (Å²) in [7, 11) is 0. The predicted molar refractivity (Wildman–Crippen MR) is 278 cm³/mol. The fourth-order valence-electron chi connectivity index (χ4n) is 11.9. The van der Waals surface area contributed by atoms with Crippen LogP contribution in [0.1, 0.15) is 126 Å². The van der Waals surface area contributed by atoms with Crippen LogP contribution < -0.4 is 0 Å². The molecule has 0 saturated carbocycles. The lowest BCUT2D eigenvalue weighted by Gasteiger charge is -2.42. The highest BCUT2D eigenvalue weighted by atomic mass is 15.0. The van der Waals surface area contributed by atoms with Crippen molar-refractivity contribution in [2.45, 2.75) is 104 Å². The second-order valence-corrected chi connectivity index (χ2v) is 21.7. The second kappa shape index (κ2) is 14.4. The molecule has 4 atom stereocenters. The van der Waals surface area contributed by atoms with E-state index >= 15 is 0 Å². The summed E-state index contributed by atoms with van der Waals surface area (Å²) >= 11 is 0. The highest BCUT2D eigenvalue weighted by Crippen LogP contribution is 2.61. The van der Waals surface area contributed by atoms with E-state index in [9.17, 15) is 0 Å². The molecule has 4 aromatic heterocycles. The molecule has 0 bridgehead atoms. The van der Waals surface area contributed by atoms with Crippen molar-refractivity contribution in [3.05, 3.63) is 179 Å². The third-order valence-corrected chi connectivity index (χ3v) is 15.9. The van der Waals surface area contributed by atoms with E-state index in [4.69, 9.17) is 9.97 Å². The zero-order chi connectivity index (χ0) is 45.6. The predicted octanol–water partition coefficient (Wildman–Crippen LogP) is 16.7. The highest BCUT2D eigenvalue weighted by Gasteiger charge is 2.42. The zero-order valence-corrected chi connectivity index (χ0v) is 40.0. The summed E-state index contributed by atoms with van der Waals surface area (Å²) in [6, 6.07) is 46.4. The van der Waals surface area contributed by atoms with E-state index in [0.717, 1.165) is 11.4 Å². The van der Waals surface area contributed by atoms with Crippen LogP contribution in [0.5, 0.6) is 0 Å². The summed E-state index contributed by atoms with van der Waals surface area (Å²) < 4.78 is 5.05. The average molecular weight is 859 g/mol. The monoisotopic (exact) mass is 858 g/mol. The molecule has 4 heterocycles. The van der Waals surface area contributed by atoms with Gasteiger partial charge in [-0.05, 0) is 162 Å². The normalized spacial score (nSPS) is 18.2. The standard InChI is InChI=1S/C62H58N4/c1-35-36(2)48-32-52-50-30-42(40-17-23-44(24-18-40)62(8,9)10)20-26-54(50)66(46-14-12-28-64-34-46)60(52)56-38(4)37(3)55-57(58(48)56)47(35)31-51-49-29-41(39-15-21-43(22-16-39)61(5,6)7)19-25-53(49)65(59(51)55)45-13-11-27-63-33-45/h11-38H,1-10H3. The van der Waals surface area contributed by atoms with Gasteiger partial charge in [0.15, 0.2) is 0 Å². The Kier molecular flexibility index (Phi) is 8.86. The Balaban J connectivity index is 1.16. The Bertz CT molecular complexity index is 3340. The van der Waals surface area contributed by atoms with Crippen molar-refractivity contribution < 1.29 is 0 Å². The van der Waals surface area contributed by atoms with Crippen LogP contribution >= 0.6 is 0 Å². The first-order valence-electron chi connectivity index (χ1n) is 24.0. The van der Waals surface area contributed by atoms with Crippen molar-refractivity contribution in [3.63, 3.8) is 0 Å². The Labute approximate surface area is 389 Å². The molecule has 0 radical (unpaired) electrons. The minimum Gasteiger partial charge on any atom is -0.307 e. The maximum absolute atomic E-state index is 4.70. The molecule has 0 N–H and O–H groups in total. The van der Waals surface area contributed by atoms with Gasteiger partial charge in [0.25, 0.3) is 0 Å². The number of rotatable bonds is 4. The molecule has 0 spiro atoms. The van der Waals surface area contributed by atoms with Crippen LogP contribution in [0.3, 0.4) is 0 Å². The summed E-state index contributed by atoms with van der Waals surface area (Å²) in [4.78, 5) is 9.40. The molecule has 10 aromatic rings. The van der Waals surface area contributed by atoms with E-state index in [1.807, 2.05) is 24.8 Å². The van der Waals surface area contributed by atoms with Gasteiger partial charge in [0.1, 0.15) is 0 Å². The van der Waals surface area contributed by atoms with Gasteiger partial charge in [0.05, 0.1) is 45.8 Å². The van der Waals surface area contributed by atoms with E-state index in [2.05, 4.69) is 200 Å². The highest BCUT2D eigenvalue weighted by molar-refractivity contribution is 6.17. The fourth-order valence-corrected chi connectivity index (χ4v) is 11.9. The number of hydrogen-bond acceptors (Lipinski definition) is 2. The number of fused-ring (bicyclic) bond motifs is 8. The van der Waals surface area contributed by atoms with Crippen molar-refractivity contribution in [2.24, 2.45) is 0 Å². The van der Waals surface area contributed by atoms with Crippen LogP contribution in [0.25, 0.3) is 88.4 Å². The molecule has 0 amide bonds. The van der Waals surface area contributed by atoms with Crippen molar-refractivity contribution >= 4 is 43.6 Å². The Morgan fingerprint density at radius 1 is 0.409 bits per heavy atom. The first-order chi connectivity index (χ1) is 31.7. The molecular formula is C62H58N4. The second-order valence-electron chi connectivity index (χ2n) is 21.7. The number of aromatic nitrogens is 4. The zero-order valence-electron chi connectivity index (χ0n) is 40.0. The fraction of sp³-hybridized carbons (Fsp3) is 0.258. The van der Waals surface area contributed by atoms with Gasteiger partial charge in [-0.25, -0.2) is 0 Å². The molecule has 4 unspecified atom stereocenters. The van der Waals surface area contributed by atoms with Crippen LogP contribution in [0, 0.1) is 0 Å². The van der Waals surface area contributed by atoms with Crippen LogP contribution in [0.4, 0.5) is 0 Å². The van der Waals surface area contributed by atoms with Gasteiger partial charge in [-0.2, -0.15) is 0 Å². The minimum absolute atomic E-state index is 0.101. The van der Waals surface area contributed by atoms with Gasteiger partial charge < -0.3 is 9.13 Å². The first-order valence-corrected chi connectivity index (χ1v) is 24.0. The maximum Gasteiger partial charge on any atom is 0.0645 e. The molecule has 6 aromatic carbocycles. The SMILES string of the molecule is CC1c2cc3c4cc(-c5ccc(C(C)(C)C)cc5)ccc4n(-c4cccnc4)c3c3c2-c2c(cc4c5cc(-c6ccc(C(C)(C)C)cc6)ccc5n(-c5cccnc5)c4c2C(C)C3C)C1C. The molecule has 0 aliphatic heterocycles. The quantitative estimate of drug-likeness (QED) is 0.177. The van der Waals surface area contributed by atoms with Crippen molar-refractivity contribution in [2.75, 3.05) is 0 Å². The smallest absolute Gasteiger partial charge is 0.0645 e. The molecule has 326 valence electrons. The van der Waals surface area contributed by atoms with Crippen molar-refractivity contribution in [1.82, 2.24) is 19.1 Å². The van der Waals surface area contributed by atoms with Gasteiger partial charge in [-0.15, -0.1) is 0 Å². The van der Waals surface area contributed by atoms with Crippen LogP contribution in [-0.4, -0.2) is 19.1 Å². The summed E-state index contributed by atoms with van der Waals surface area (Å²) in [6.45, 7) is 23.6. The van der Waals surface area contributed by atoms with Gasteiger partial charge in [-0.3, -0.25) is 9.97 Å². The Morgan fingerprint density at radius 2 is 0.788 bits per heavy atom. The molecule has 2 aliphatic rings. The van der Waals surface area contributed by atoms with Crippen LogP contribution in [-0.2, 0) is 10.8 Å². The third-order valence-electron chi connectivity index (χ3n) is 15.9. The maximum atomic E-state index is 4.70. The lowest BCUT2D eigenvalue weighted by molar-refractivity contribution is 0.584. The molecule has 2 aliphatic carbocycles. The molecule has 0 saturated heterocycles. The molecule has 66 heavy (non-hydrogen) atoms. The van der Waals surface area contributed by atoms with Crippen molar-refractivity contribution in [1.29, 1.82) is 0 Å². The van der Waals surface area contributed by atoms with Crippen LogP contribution in [0.2, 0.25) is 0 Å². The lowest BCUT2D eigenvalue weighted by Crippen LogP contribution is -2.24. The number of pyridine rings is 2. The lowest BCUT2D eigenvalue weighted by atomic mass is 9.62. The van der Waals surface area contributed by atoms with E-state index in [1.54, 1.807) is 0 Å². The van der Waals surface area contributed by atoms with E-state index < -0.39 is 0 Å². The third kappa shape index (κ3) is 5.89. The summed E-state index contributed by atoms with van der Waals surface area (Å²) in [6.07, 6.45) is 7.84. The molecule has 4 nitrogen and oxygen atoms in total. The summed E-state index contributed by atoms with van der Waals surface area (Å²) in [5.74, 6) is 1.07. The summed E-state index contributed by atoms with van der Waals surface area (Å²) in [5.41, 5.74) is 23.8. The van der Waals surface area contributed by atoms with E-state index in [0.29, 0.717) is 11.8 Å². The van der Waals surface area contributed by atoms with Crippen molar-refractivity contribution in [3.8, 4) is 44.8 Å². The Morgan fingerprint density at radius 3 is 1.14 bits per heavy atom. The molecule has 4 heteroatoms. The van der Waals surface area contributed by atoms with Gasteiger partial charge in [-0.1, -0.05) is 130 Å². The van der Waals surface area contributed by atoms with Gasteiger partial charge in [0, 0.05) is 33.9 Å². The van der Waals surface area contributed by atoms with Gasteiger partial charge in [0.2, 0.25) is 0 Å². The number of hydrogen-bond donors (Lipinski definition) is 0. The molecule has 12 rings (SSSR count). The summed E-state index contributed by atoms with van der Waals surface area (Å²) in [5, 5.41) is 5.24. The largest absolute Gasteiger partial charge is 0.307 e. The minimum atomic E-state index is 0.101.